The van der Waals surface area contributed by atoms with Crippen LogP contribution >= 0.6 is 0 Å². The summed E-state index contributed by atoms with van der Waals surface area (Å²) >= 11 is 0. The molecule has 1 nitrogen and oxygen atoms in total. The zero-order valence-corrected chi connectivity index (χ0v) is 19.1. The topological polar surface area (TPSA) is 0 Å². The predicted molar refractivity (Wildman–Crippen MR) is 119 cm³/mol. The summed E-state index contributed by atoms with van der Waals surface area (Å²) in [7, 11) is 5.18. The van der Waals surface area contributed by atoms with E-state index in [-0.39, 0.29) is 0 Å². The quantitative estimate of drug-likeness (QED) is 0.215. The first-order valence-electron chi connectivity index (χ1n) is 12.9. The summed E-state index contributed by atoms with van der Waals surface area (Å²) in [6, 6.07) is 0. The molecule has 4 aliphatic carbocycles. The van der Waals surface area contributed by atoms with Gasteiger partial charge in [0.1, 0.15) is 0 Å². The third kappa shape index (κ3) is 5.74. The molecule has 4 aliphatic rings. The van der Waals surface area contributed by atoms with Gasteiger partial charge in [-0.1, -0.05) is 71.1 Å². The molecule has 0 aromatic rings. The number of rotatable bonds is 14. The molecule has 0 aromatic heterocycles. The summed E-state index contributed by atoms with van der Waals surface area (Å²) in [5.41, 5.74) is 0.673. The van der Waals surface area contributed by atoms with Crippen molar-refractivity contribution < 1.29 is 4.48 Å². The van der Waals surface area contributed by atoms with E-state index in [1.807, 2.05) is 0 Å². The second-order valence-corrected chi connectivity index (χ2v) is 11.4. The van der Waals surface area contributed by atoms with Gasteiger partial charge in [-0.3, -0.25) is 0 Å². The van der Waals surface area contributed by atoms with Crippen molar-refractivity contribution in [3.8, 4) is 0 Å². The van der Waals surface area contributed by atoms with Crippen LogP contribution in [0.5, 0.6) is 0 Å². The van der Waals surface area contributed by atoms with Crippen molar-refractivity contribution in [1.82, 2.24) is 0 Å². The van der Waals surface area contributed by atoms with Crippen LogP contribution in [0.2, 0.25) is 0 Å². The second kappa shape index (κ2) is 10.1. The summed E-state index contributed by atoms with van der Waals surface area (Å²) < 4.78 is 1.34. The minimum atomic E-state index is 0.673. The van der Waals surface area contributed by atoms with Crippen molar-refractivity contribution in [3.05, 3.63) is 0 Å². The Morgan fingerprint density at radius 1 is 0.593 bits per heavy atom. The molecule has 1 heteroatoms. The van der Waals surface area contributed by atoms with E-state index in [1.165, 1.54) is 88.1 Å². The minimum absolute atomic E-state index is 0.673. The van der Waals surface area contributed by atoms with Crippen molar-refractivity contribution in [3.63, 3.8) is 0 Å². The first-order chi connectivity index (χ1) is 13.0. The summed E-state index contributed by atoms with van der Waals surface area (Å²) in [6.07, 6.45) is 27.0. The van der Waals surface area contributed by atoms with Gasteiger partial charge in [-0.2, -0.15) is 0 Å². The predicted octanol–water partition coefficient (Wildman–Crippen LogP) is 7.73. The van der Waals surface area contributed by atoms with E-state index in [1.54, 1.807) is 38.5 Å². The van der Waals surface area contributed by atoms with Gasteiger partial charge in [-0.05, 0) is 49.9 Å². The third-order valence-electron chi connectivity index (χ3n) is 8.86. The molecule has 4 bridgehead atoms. The molecule has 4 saturated carbocycles. The molecule has 0 spiro atoms. The lowest BCUT2D eigenvalue weighted by molar-refractivity contribution is -0.948. The highest BCUT2D eigenvalue weighted by Gasteiger charge is 2.58. The number of hydrogen-bond donors (Lipinski definition) is 0. The fourth-order valence-corrected chi connectivity index (χ4v) is 7.39. The average molecular weight is 377 g/mol. The molecule has 0 heterocycles. The van der Waals surface area contributed by atoms with Gasteiger partial charge in [0.2, 0.25) is 0 Å². The van der Waals surface area contributed by atoms with Crippen LogP contribution in [0.4, 0.5) is 0 Å². The molecule has 0 amide bonds. The molecule has 0 aliphatic heterocycles. The van der Waals surface area contributed by atoms with Crippen molar-refractivity contribution in [2.75, 3.05) is 20.6 Å². The lowest BCUT2D eigenvalue weighted by atomic mass is 9.52. The van der Waals surface area contributed by atoms with Gasteiger partial charge in [-0.25, -0.2) is 0 Å². The molecule has 4 rings (SSSR count). The molecule has 0 N–H and O–H groups in total. The minimum Gasteiger partial charge on any atom is -0.324 e. The van der Waals surface area contributed by atoms with Gasteiger partial charge >= 0.3 is 0 Å². The van der Waals surface area contributed by atoms with Crippen LogP contribution in [0.25, 0.3) is 0 Å². The summed E-state index contributed by atoms with van der Waals surface area (Å²) in [4.78, 5) is 0. The van der Waals surface area contributed by atoms with Crippen molar-refractivity contribution in [1.29, 1.82) is 0 Å². The SMILES string of the molecule is CCCCCCCCCCCCCC[N+](C)(C)C12CC3CC(CC(C3)C1)C2. The van der Waals surface area contributed by atoms with E-state index in [2.05, 4.69) is 21.0 Å². The Morgan fingerprint density at radius 2 is 0.963 bits per heavy atom. The van der Waals surface area contributed by atoms with Crippen LogP contribution in [-0.2, 0) is 0 Å². The molecular weight excluding hydrogens is 326 g/mol. The molecule has 158 valence electrons. The average Bonchev–Trinajstić information content (AvgIpc) is 2.61. The maximum absolute atomic E-state index is 2.59. The van der Waals surface area contributed by atoms with E-state index in [0.29, 0.717) is 5.54 Å². The van der Waals surface area contributed by atoms with Gasteiger partial charge in [0, 0.05) is 19.3 Å². The molecule has 0 saturated heterocycles. The molecule has 0 atom stereocenters. The lowest BCUT2D eigenvalue weighted by Gasteiger charge is -2.62. The number of unbranched alkanes of at least 4 members (excludes halogenated alkanes) is 11. The van der Waals surface area contributed by atoms with Crippen LogP contribution in [0.15, 0.2) is 0 Å². The molecular formula is C26H50N+. The molecule has 0 aromatic carbocycles. The van der Waals surface area contributed by atoms with Gasteiger partial charge in [0.25, 0.3) is 0 Å². The maximum Gasteiger partial charge on any atom is 0.0996 e. The lowest BCUT2D eigenvalue weighted by Crippen LogP contribution is -2.67. The van der Waals surface area contributed by atoms with Gasteiger partial charge < -0.3 is 4.48 Å². The Hall–Kier alpha value is -0.0400. The van der Waals surface area contributed by atoms with Crippen LogP contribution in [0, 0.1) is 17.8 Å². The first kappa shape index (κ1) is 21.7. The zero-order chi connectivity index (χ0) is 19.2. The van der Waals surface area contributed by atoms with Crippen LogP contribution < -0.4 is 0 Å². The van der Waals surface area contributed by atoms with Crippen LogP contribution in [0.1, 0.15) is 122 Å². The fourth-order valence-electron chi connectivity index (χ4n) is 7.39. The summed E-state index contributed by atoms with van der Waals surface area (Å²) in [5, 5.41) is 0. The fraction of sp³-hybridized carbons (Fsp3) is 1.00. The Labute approximate surface area is 171 Å². The molecule has 4 fully saturated rings. The van der Waals surface area contributed by atoms with Crippen LogP contribution in [0.3, 0.4) is 0 Å². The van der Waals surface area contributed by atoms with E-state index in [0.717, 1.165) is 17.8 Å². The normalized spacial score (nSPS) is 32.3. The number of nitrogens with zero attached hydrogens (tertiary/aromatic N) is 1. The van der Waals surface area contributed by atoms with Crippen LogP contribution in [-0.4, -0.2) is 30.7 Å². The van der Waals surface area contributed by atoms with E-state index in [4.69, 9.17) is 0 Å². The zero-order valence-electron chi connectivity index (χ0n) is 19.1. The summed E-state index contributed by atoms with van der Waals surface area (Å²) in [6.45, 7) is 3.74. The highest BCUT2D eigenvalue weighted by molar-refractivity contribution is 5.03. The Morgan fingerprint density at radius 3 is 1.37 bits per heavy atom. The molecule has 0 unspecified atom stereocenters. The Balaban J connectivity index is 1.24. The standard InChI is InChI=1S/C26H50N/c1-4-5-6-7-8-9-10-11-12-13-14-15-16-27(2,3)26-20-23-17-24(21-26)19-25(18-23)22-26/h23-25H,4-22H2,1-3H3/q+1. The van der Waals surface area contributed by atoms with E-state index < -0.39 is 0 Å². The maximum atomic E-state index is 2.59. The van der Waals surface area contributed by atoms with Crippen molar-refractivity contribution in [2.45, 2.75) is 128 Å². The largest absolute Gasteiger partial charge is 0.324 e. The van der Waals surface area contributed by atoms with Gasteiger partial charge in [0.15, 0.2) is 0 Å². The number of hydrogen-bond acceptors (Lipinski definition) is 0. The van der Waals surface area contributed by atoms with Crippen molar-refractivity contribution >= 4 is 0 Å². The highest BCUT2D eigenvalue weighted by Crippen LogP contribution is 2.59. The Kier molecular flexibility index (Phi) is 8.13. The van der Waals surface area contributed by atoms with Gasteiger partial charge in [0.05, 0.1) is 26.2 Å². The molecule has 27 heavy (non-hydrogen) atoms. The Bertz CT molecular complexity index is 389. The second-order valence-electron chi connectivity index (χ2n) is 11.4. The van der Waals surface area contributed by atoms with E-state index in [9.17, 15) is 0 Å². The van der Waals surface area contributed by atoms with Gasteiger partial charge in [-0.15, -0.1) is 0 Å². The third-order valence-corrected chi connectivity index (χ3v) is 8.86. The van der Waals surface area contributed by atoms with Crippen molar-refractivity contribution in [2.24, 2.45) is 17.8 Å². The smallest absolute Gasteiger partial charge is 0.0996 e. The van der Waals surface area contributed by atoms with E-state index >= 15 is 0 Å². The number of quaternary nitrogens is 1. The monoisotopic (exact) mass is 376 g/mol. The highest BCUT2D eigenvalue weighted by atomic mass is 15.4. The molecule has 0 radical (unpaired) electrons. The first-order valence-corrected chi connectivity index (χ1v) is 12.9. The summed E-state index contributed by atoms with van der Waals surface area (Å²) in [5.74, 6) is 3.28.